The van der Waals surface area contributed by atoms with Crippen LogP contribution < -0.4 is 0 Å². The third-order valence-corrected chi connectivity index (χ3v) is 1.86. The smallest absolute Gasteiger partial charge is 0.327 e. The zero-order valence-corrected chi connectivity index (χ0v) is 9.20. The Kier molecular flexibility index (Phi) is 6.46. The van der Waals surface area contributed by atoms with Crippen LogP contribution in [0.4, 0.5) is 0 Å². The molecule has 0 aromatic rings. The Labute approximate surface area is 79.1 Å². The molecule has 0 bridgehead atoms. The van der Waals surface area contributed by atoms with Crippen molar-refractivity contribution < 1.29 is 28.6 Å². The molecule has 0 aliphatic heterocycles. The van der Waals surface area contributed by atoms with Gasteiger partial charge in [-0.15, -0.1) is 0 Å². The van der Waals surface area contributed by atoms with E-state index in [0.717, 1.165) is 0 Å². The summed E-state index contributed by atoms with van der Waals surface area (Å²) >= 11 is 0. The number of rotatable bonds is 6. The maximum Gasteiger partial charge on any atom is 0.327 e. The van der Waals surface area contributed by atoms with Crippen LogP contribution in [-0.4, -0.2) is 32.8 Å². The van der Waals surface area contributed by atoms with E-state index in [1.54, 1.807) is 13.8 Å². The molecular weight excluding hydrogens is 218 g/mol. The molecule has 6 nitrogen and oxygen atoms in total. The third-order valence-electron chi connectivity index (χ3n) is 1.14. The molecule has 0 fully saturated rings. The summed E-state index contributed by atoms with van der Waals surface area (Å²) in [5.41, 5.74) is -0.488. The van der Waals surface area contributed by atoms with Gasteiger partial charge in [0.15, 0.2) is 0 Å². The minimum atomic E-state index is -2.37. The third kappa shape index (κ3) is 8.94. The van der Waals surface area contributed by atoms with E-state index in [1.807, 2.05) is 0 Å². The quantitative estimate of drug-likeness (QED) is 0.497. The molecule has 0 heterocycles. The van der Waals surface area contributed by atoms with Crippen molar-refractivity contribution >= 4 is 17.2 Å². The highest BCUT2D eigenvalue weighted by Gasteiger charge is 2.22. The molecule has 0 aromatic carbocycles. The summed E-state index contributed by atoms with van der Waals surface area (Å²) in [6.45, 7) is 3.64. The van der Waals surface area contributed by atoms with Crippen molar-refractivity contribution in [2.24, 2.45) is 5.41 Å². The fourth-order valence-corrected chi connectivity index (χ4v) is 1.44. The molecule has 80 valence electrons. The highest BCUT2D eigenvalue weighted by Crippen LogP contribution is 2.32. The second-order valence-corrected chi connectivity index (χ2v) is 4.74. The summed E-state index contributed by atoms with van der Waals surface area (Å²) in [5, 5.41) is 0. The molecule has 8 heteroatoms. The summed E-state index contributed by atoms with van der Waals surface area (Å²) < 4.78 is 9.16. The van der Waals surface area contributed by atoms with Crippen LogP contribution in [0.2, 0.25) is 0 Å². The summed E-state index contributed by atoms with van der Waals surface area (Å²) in [7, 11) is -4.73. The number of hydrogen-bond donors (Lipinski definition) is 4. The lowest BCUT2D eigenvalue weighted by Crippen LogP contribution is -2.23. The first-order chi connectivity index (χ1) is 5.83. The van der Waals surface area contributed by atoms with Crippen molar-refractivity contribution in [3.8, 4) is 0 Å². The Morgan fingerprint density at radius 2 is 1.23 bits per heavy atom. The van der Waals surface area contributed by atoms with Crippen LogP contribution >= 0.6 is 17.2 Å². The molecule has 0 aliphatic rings. The Bertz CT molecular complexity index is 125. The molecule has 0 saturated carbocycles. The molecule has 0 atom stereocenters. The van der Waals surface area contributed by atoms with Gasteiger partial charge in [-0.2, -0.15) is 0 Å². The fraction of sp³-hybridized carbons (Fsp3) is 1.00. The first-order valence-corrected chi connectivity index (χ1v) is 5.78. The SMILES string of the molecule is CC(C)(COP(O)O)COP(O)O. The van der Waals surface area contributed by atoms with Crippen LogP contribution in [0.1, 0.15) is 13.8 Å². The van der Waals surface area contributed by atoms with Crippen molar-refractivity contribution in [3.05, 3.63) is 0 Å². The lowest BCUT2D eigenvalue weighted by molar-refractivity contribution is 0.0938. The molecule has 4 N–H and O–H groups in total. The van der Waals surface area contributed by atoms with Crippen molar-refractivity contribution in [1.82, 2.24) is 0 Å². The van der Waals surface area contributed by atoms with Gasteiger partial charge in [-0.3, -0.25) is 0 Å². The van der Waals surface area contributed by atoms with Crippen LogP contribution in [0.15, 0.2) is 0 Å². The van der Waals surface area contributed by atoms with E-state index in [0.29, 0.717) is 0 Å². The lowest BCUT2D eigenvalue weighted by Gasteiger charge is -2.23. The zero-order chi connectivity index (χ0) is 10.5. The van der Waals surface area contributed by atoms with Crippen molar-refractivity contribution in [2.45, 2.75) is 13.8 Å². The maximum absolute atomic E-state index is 8.46. The Morgan fingerprint density at radius 1 is 0.923 bits per heavy atom. The Morgan fingerprint density at radius 3 is 1.46 bits per heavy atom. The minimum Gasteiger partial charge on any atom is -0.328 e. The van der Waals surface area contributed by atoms with Gasteiger partial charge in [-0.05, 0) is 0 Å². The maximum atomic E-state index is 8.46. The van der Waals surface area contributed by atoms with E-state index in [-0.39, 0.29) is 13.2 Å². The summed E-state index contributed by atoms with van der Waals surface area (Å²) in [5.74, 6) is 0. The number of hydrogen-bond acceptors (Lipinski definition) is 6. The van der Waals surface area contributed by atoms with Gasteiger partial charge in [0.05, 0.1) is 13.2 Å². The average molecular weight is 232 g/mol. The van der Waals surface area contributed by atoms with Crippen LogP contribution in [0.5, 0.6) is 0 Å². The van der Waals surface area contributed by atoms with Crippen LogP contribution in [0, 0.1) is 5.41 Å². The van der Waals surface area contributed by atoms with E-state index in [9.17, 15) is 0 Å². The largest absolute Gasteiger partial charge is 0.328 e. The predicted molar refractivity (Wildman–Crippen MR) is 48.4 cm³/mol. The molecule has 0 amide bonds. The summed E-state index contributed by atoms with van der Waals surface area (Å²) in [6.07, 6.45) is 0. The first-order valence-electron chi connectivity index (χ1n) is 3.45. The van der Waals surface area contributed by atoms with Gasteiger partial charge in [0, 0.05) is 5.41 Å². The van der Waals surface area contributed by atoms with Crippen molar-refractivity contribution in [2.75, 3.05) is 13.2 Å². The van der Waals surface area contributed by atoms with Gasteiger partial charge in [0.2, 0.25) is 0 Å². The zero-order valence-electron chi connectivity index (χ0n) is 7.41. The Hall–Kier alpha value is 0.620. The molecule has 0 rings (SSSR count). The molecular formula is C5H14O6P2. The van der Waals surface area contributed by atoms with Crippen LogP contribution in [0.3, 0.4) is 0 Å². The first kappa shape index (κ1) is 13.6. The van der Waals surface area contributed by atoms with Gasteiger partial charge in [-0.1, -0.05) is 13.8 Å². The van der Waals surface area contributed by atoms with Gasteiger partial charge in [-0.25, -0.2) is 0 Å². The highest BCUT2D eigenvalue weighted by atomic mass is 31.2. The fourth-order valence-electron chi connectivity index (χ4n) is 0.507. The van der Waals surface area contributed by atoms with Gasteiger partial charge < -0.3 is 28.6 Å². The summed E-state index contributed by atoms with van der Waals surface area (Å²) in [4.78, 5) is 33.8. The molecule has 0 aliphatic carbocycles. The second kappa shape index (κ2) is 6.17. The van der Waals surface area contributed by atoms with Gasteiger partial charge in [0.25, 0.3) is 0 Å². The lowest BCUT2D eigenvalue weighted by atomic mass is 9.97. The van der Waals surface area contributed by atoms with Crippen LogP contribution in [-0.2, 0) is 9.05 Å². The van der Waals surface area contributed by atoms with E-state index >= 15 is 0 Å². The minimum absolute atomic E-state index is 0.0783. The normalized spacial score (nSPS) is 12.9. The summed E-state index contributed by atoms with van der Waals surface area (Å²) in [6, 6.07) is 0. The highest BCUT2D eigenvalue weighted by molar-refractivity contribution is 7.39. The topological polar surface area (TPSA) is 99.4 Å². The van der Waals surface area contributed by atoms with E-state index in [4.69, 9.17) is 19.6 Å². The molecule has 0 aromatic heterocycles. The molecule has 0 unspecified atom stereocenters. The molecule has 0 radical (unpaired) electrons. The second-order valence-electron chi connectivity index (χ2n) is 3.22. The molecule has 13 heavy (non-hydrogen) atoms. The van der Waals surface area contributed by atoms with Gasteiger partial charge >= 0.3 is 17.2 Å². The van der Waals surface area contributed by atoms with Crippen molar-refractivity contribution in [1.29, 1.82) is 0 Å². The van der Waals surface area contributed by atoms with Crippen molar-refractivity contribution in [3.63, 3.8) is 0 Å². The average Bonchev–Trinajstić information content (AvgIpc) is 1.98. The Balaban J connectivity index is 3.66. The standard InChI is InChI=1S/C5H14O6P2/c1-5(2,3-10-12(6)7)4-11-13(8)9/h6-9H,3-4H2,1-2H3. The predicted octanol–water partition coefficient (Wildman–Crippen LogP) is 0.469. The van der Waals surface area contributed by atoms with Crippen LogP contribution in [0.25, 0.3) is 0 Å². The van der Waals surface area contributed by atoms with Gasteiger partial charge in [0.1, 0.15) is 0 Å². The van der Waals surface area contributed by atoms with E-state index < -0.39 is 22.6 Å². The van der Waals surface area contributed by atoms with E-state index in [2.05, 4.69) is 9.05 Å². The molecule has 0 spiro atoms. The van der Waals surface area contributed by atoms with E-state index in [1.165, 1.54) is 0 Å². The monoisotopic (exact) mass is 232 g/mol. The molecule has 0 saturated heterocycles.